The van der Waals surface area contributed by atoms with Crippen molar-refractivity contribution in [1.82, 2.24) is 0 Å². The van der Waals surface area contributed by atoms with Gasteiger partial charge in [0.1, 0.15) is 28.9 Å². The van der Waals surface area contributed by atoms with Crippen molar-refractivity contribution in [2.45, 2.75) is 19.3 Å². The van der Waals surface area contributed by atoms with Crippen molar-refractivity contribution in [3.8, 4) is 23.0 Å². The van der Waals surface area contributed by atoms with Crippen molar-refractivity contribution >= 4 is 17.3 Å². The molecule has 3 rings (SSSR count). The summed E-state index contributed by atoms with van der Waals surface area (Å²) in [7, 11) is 6.26. The summed E-state index contributed by atoms with van der Waals surface area (Å²) in [5, 5.41) is 0. The van der Waals surface area contributed by atoms with Crippen LogP contribution in [0.25, 0.3) is 5.57 Å². The van der Waals surface area contributed by atoms with E-state index in [0.717, 1.165) is 11.1 Å². The van der Waals surface area contributed by atoms with Gasteiger partial charge in [-0.15, -0.1) is 0 Å². The third kappa shape index (κ3) is 4.56. The predicted octanol–water partition coefficient (Wildman–Crippen LogP) is 4.04. The lowest BCUT2D eigenvalue weighted by Crippen LogP contribution is -2.34. The van der Waals surface area contributed by atoms with Crippen LogP contribution in [-0.2, 0) is 14.3 Å². The van der Waals surface area contributed by atoms with Crippen LogP contribution in [0.15, 0.2) is 42.5 Å². The molecule has 0 bridgehead atoms. The van der Waals surface area contributed by atoms with Crippen LogP contribution in [0.1, 0.15) is 30.4 Å². The average Bonchev–Trinajstić information content (AvgIpc) is 2.82. The molecular weight excluding hydrogens is 412 g/mol. The number of methoxy groups -OCH3 is 4. The van der Waals surface area contributed by atoms with E-state index in [1.54, 1.807) is 59.6 Å². The second-order valence-corrected chi connectivity index (χ2v) is 7.29. The van der Waals surface area contributed by atoms with Crippen LogP contribution in [0.5, 0.6) is 23.0 Å². The third-order valence-electron chi connectivity index (χ3n) is 5.60. The van der Waals surface area contributed by atoms with Gasteiger partial charge in [0.25, 0.3) is 0 Å². The van der Waals surface area contributed by atoms with Gasteiger partial charge in [0, 0.05) is 23.1 Å². The maximum atomic E-state index is 13.2. The summed E-state index contributed by atoms with van der Waals surface area (Å²) >= 11 is 0. The van der Waals surface area contributed by atoms with E-state index in [2.05, 4.69) is 0 Å². The normalized spacial score (nSPS) is 17.9. The summed E-state index contributed by atoms with van der Waals surface area (Å²) < 4.78 is 27.0. The van der Waals surface area contributed by atoms with Gasteiger partial charge in [-0.25, -0.2) is 0 Å². The van der Waals surface area contributed by atoms with Gasteiger partial charge in [-0.05, 0) is 55.3 Å². The number of esters is 1. The Morgan fingerprint density at radius 1 is 0.906 bits per heavy atom. The first-order valence-corrected chi connectivity index (χ1v) is 10.3. The number of rotatable bonds is 8. The highest BCUT2D eigenvalue weighted by molar-refractivity contribution is 6.11. The van der Waals surface area contributed by atoms with Crippen LogP contribution < -0.4 is 18.9 Å². The number of carbonyl (C=O) groups excluding carboxylic acids is 2. The van der Waals surface area contributed by atoms with Crippen LogP contribution in [0.4, 0.5) is 0 Å². The predicted molar refractivity (Wildman–Crippen MR) is 120 cm³/mol. The Balaban J connectivity index is 2.14. The van der Waals surface area contributed by atoms with E-state index in [1.807, 2.05) is 12.1 Å². The Morgan fingerprint density at radius 2 is 1.56 bits per heavy atom. The first-order chi connectivity index (χ1) is 15.5. The summed E-state index contributed by atoms with van der Waals surface area (Å²) in [6, 6.07) is 10.8. The van der Waals surface area contributed by atoms with E-state index in [1.165, 1.54) is 6.08 Å². The van der Waals surface area contributed by atoms with Gasteiger partial charge in [0.2, 0.25) is 0 Å². The minimum Gasteiger partial charge on any atom is -0.497 e. The lowest BCUT2D eigenvalue weighted by Gasteiger charge is -2.31. The van der Waals surface area contributed by atoms with E-state index in [-0.39, 0.29) is 12.4 Å². The van der Waals surface area contributed by atoms with Crippen LogP contribution in [0.2, 0.25) is 0 Å². The standard InChI is InChI=1S/C25H28O7/c1-6-32-25(27)24-20(19-13-16(28-2)8-10-22(19)30-4)11-15(12-21(24)26)18-9-7-17(29-3)14-23(18)31-5/h7-10,12-14,20,24H,6,11H2,1-5H3. The molecule has 7 heteroatoms. The second kappa shape index (κ2) is 10.2. The number of hydrogen-bond donors (Lipinski definition) is 0. The first-order valence-electron chi connectivity index (χ1n) is 10.3. The minimum atomic E-state index is -0.982. The van der Waals surface area contributed by atoms with Crippen molar-refractivity contribution in [2.24, 2.45) is 5.92 Å². The van der Waals surface area contributed by atoms with E-state index in [9.17, 15) is 9.59 Å². The minimum absolute atomic E-state index is 0.188. The zero-order valence-electron chi connectivity index (χ0n) is 19.0. The van der Waals surface area contributed by atoms with Crippen molar-refractivity contribution in [3.63, 3.8) is 0 Å². The summed E-state index contributed by atoms with van der Waals surface area (Å²) in [6.45, 7) is 1.91. The molecule has 0 amide bonds. The monoisotopic (exact) mass is 440 g/mol. The highest BCUT2D eigenvalue weighted by Crippen LogP contribution is 2.46. The van der Waals surface area contributed by atoms with Crippen LogP contribution in [0.3, 0.4) is 0 Å². The van der Waals surface area contributed by atoms with E-state index in [4.69, 9.17) is 23.7 Å². The largest absolute Gasteiger partial charge is 0.497 e. The van der Waals surface area contributed by atoms with Gasteiger partial charge in [0.05, 0.1) is 35.0 Å². The Labute approximate surface area is 187 Å². The average molecular weight is 440 g/mol. The molecule has 170 valence electrons. The lowest BCUT2D eigenvalue weighted by atomic mass is 9.73. The zero-order chi connectivity index (χ0) is 23.3. The molecule has 2 aromatic carbocycles. The van der Waals surface area contributed by atoms with Crippen molar-refractivity contribution in [3.05, 3.63) is 53.6 Å². The fraction of sp³-hybridized carbons (Fsp3) is 0.360. The Kier molecular flexibility index (Phi) is 7.41. The first kappa shape index (κ1) is 23.2. The number of hydrogen-bond acceptors (Lipinski definition) is 7. The van der Waals surface area contributed by atoms with Gasteiger partial charge in [-0.1, -0.05) is 0 Å². The number of allylic oxidation sites excluding steroid dienone is 2. The number of ether oxygens (including phenoxy) is 5. The van der Waals surface area contributed by atoms with Crippen LogP contribution in [0, 0.1) is 5.92 Å². The quantitative estimate of drug-likeness (QED) is 0.453. The molecule has 1 aliphatic rings. The van der Waals surface area contributed by atoms with Gasteiger partial charge in [0.15, 0.2) is 5.78 Å². The van der Waals surface area contributed by atoms with Gasteiger partial charge in [-0.2, -0.15) is 0 Å². The highest BCUT2D eigenvalue weighted by atomic mass is 16.5. The molecule has 0 saturated heterocycles. The fourth-order valence-corrected chi connectivity index (χ4v) is 4.06. The van der Waals surface area contributed by atoms with E-state index in [0.29, 0.717) is 35.0 Å². The SMILES string of the molecule is CCOC(=O)C1C(=O)C=C(c2ccc(OC)cc2OC)CC1c1cc(OC)ccc1OC. The fourth-order valence-electron chi connectivity index (χ4n) is 4.06. The summed E-state index contributed by atoms with van der Waals surface area (Å²) in [5.74, 6) is 0.0390. The highest BCUT2D eigenvalue weighted by Gasteiger charge is 2.41. The summed E-state index contributed by atoms with van der Waals surface area (Å²) in [6.07, 6.45) is 1.91. The lowest BCUT2D eigenvalue weighted by molar-refractivity contribution is -0.151. The van der Waals surface area contributed by atoms with Crippen molar-refractivity contribution in [2.75, 3.05) is 35.0 Å². The molecular formula is C25H28O7. The van der Waals surface area contributed by atoms with Crippen LogP contribution >= 0.6 is 0 Å². The molecule has 7 nitrogen and oxygen atoms in total. The molecule has 2 atom stereocenters. The Hall–Kier alpha value is -3.48. The van der Waals surface area contributed by atoms with Gasteiger partial charge < -0.3 is 23.7 Å². The summed E-state index contributed by atoms with van der Waals surface area (Å²) in [5.41, 5.74) is 2.22. The molecule has 0 radical (unpaired) electrons. The Bertz CT molecular complexity index is 1020. The third-order valence-corrected chi connectivity index (χ3v) is 5.60. The molecule has 0 saturated carbocycles. The summed E-state index contributed by atoms with van der Waals surface area (Å²) in [4.78, 5) is 26.1. The molecule has 0 N–H and O–H groups in total. The number of ketones is 1. The molecule has 32 heavy (non-hydrogen) atoms. The second-order valence-electron chi connectivity index (χ2n) is 7.29. The maximum absolute atomic E-state index is 13.2. The zero-order valence-corrected chi connectivity index (χ0v) is 19.0. The smallest absolute Gasteiger partial charge is 0.317 e. The molecule has 2 aromatic rings. The van der Waals surface area contributed by atoms with E-state index >= 15 is 0 Å². The molecule has 0 spiro atoms. The Morgan fingerprint density at radius 3 is 2.19 bits per heavy atom. The number of carbonyl (C=O) groups is 2. The van der Waals surface area contributed by atoms with Crippen molar-refractivity contribution < 1.29 is 33.3 Å². The maximum Gasteiger partial charge on any atom is 0.317 e. The molecule has 0 aromatic heterocycles. The van der Waals surface area contributed by atoms with Gasteiger partial charge >= 0.3 is 5.97 Å². The molecule has 0 heterocycles. The van der Waals surface area contributed by atoms with E-state index < -0.39 is 17.8 Å². The topological polar surface area (TPSA) is 80.3 Å². The molecule has 0 fully saturated rings. The van der Waals surface area contributed by atoms with Crippen molar-refractivity contribution in [1.29, 1.82) is 0 Å². The number of benzene rings is 2. The molecule has 1 aliphatic carbocycles. The molecule has 2 unspecified atom stereocenters. The van der Waals surface area contributed by atoms with Gasteiger partial charge in [-0.3, -0.25) is 9.59 Å². The molecule has 0 aliphatic heterocycles. The van der Waals surface area contributed by atoms with Crippen LogP contribution in [-0.4, -0.2) is 46.8 Å².